The average molecular weight is 112 g/mol. The second-order valence-electron chi connectivity index (χ2n) is 2.37. The smallest absolute Gasteiger partial charge is 0.126 e. The van der Waals surface area contributed by atoms with Gasteiger partial charge in [0.25, 0.3) is 0 Å². The van der Waals surface area contributed by atoms with Crippen LogP contribution in [0.25, 0.3) is 0 Å². The average Bonchev–Trinajstić information content (AvgIpc) is 1.67. The van der Waals surface area contributed by atoms with Crippen LogP contribution in [0.15, 0.2) is 0 Å². The number of aldehydes is 1. The number of carbonyl (C=O) groups excluding carboxylic acids is 1. The van der Waals surface area contributed by atoms with Crippen molar-refractivity contribution >= 4 is 6.29 Å². The minimum Gasteiger partial charge on any atom is -0.303 e. The van der Waals surface area contributed by atoms with Crippen LogP contribution in [0, 0.1) is 12.3 Å². The van der Waals surface area contributed by atoms with E-state index < -0.39 is 5.41 Å². The summed E-state index contributed by atoms with van der Waals surface area (Å²) < 4.78 is 0. The van der Waals surface area contributed by atoms with Gasteiger partial charge in [-0.1, -0.05) is 20.3 Å². The molecule has 0 aromatic heterocycles. The van der Waals surface area contributed by atoms with E-state index in [-0.39, 0.29) is 0 Å². The maximum atomic E-state index is 10.1. The largest absolute Gasteiger partial charge is 0.303 e. The van der Waals surface area contributed by atoms with E-state index >= 15 is 0 Å². The van der Waals surface area contributed by atoms with Gasteiger partial charge in [-0.2, -0.15) is 0 Å². The van der Waals surface area contributed by atoms with Gasteiger partial charge in [-0.25, -0.2) is 0 Å². The molecule has 0 unspecified atom stereocenters. The number of carbonyl (C=O) groups is 1. The SMILES string of the molecule is [CH][C@](C)(C=O)CCC. The zero-order valence-corrected chi connectivity index (χ0v) is 5.48. The van der Waals surface area contributed by atoms with E-state index in [1.54, 1.807) is 6.92 Å². The molecule has 0 aliphatic heterocycles. The number of rotatable bonds is 3. The van der Waals surface area contributed by atoms with Crippen molar-refractivity contribution in [2.45, 2.75) is 26.7 Å². The van der Waals surface area contributed by atoms with Crippen molar-refractivity contribution in [2.75, 3.05) is 0 Å². The van der Waals surface area contributed by atoms with Crippen LogP contribution in [0.1, 0.15) is 26.7 Å². The van der Waals surface area contributed by atoms with Gasteiger partial charge in [0.1, 0.15) is 6.29 Å². The fourth-order valence-corrected chi connectivity index (χ4v) is 0.598. The third-order valence-electron chi connectivity index (χ3n) is 1.06. The van der Waals surface area contributed by atoms with E-state index in [2.05, 4.69) is 0 Å². The van der Waals surface area contributed by atoms with E-state index in [9.17, 15) is 4.79 Å². The van der Waals surface area contributed by atoms with Gasteiger partial charge >= 0.3 is 0 Å². The maximum absolute atomic E-state index is 10.1. The van der Waals surface area contributed by atoms with Crippen LogP contribution in [0.4, 0.5) is 0 Å². The van der Waals surface area contributed by atoms with Gasteiger partial charge in [0.2, 0.25) is 0 Å². The van der Waals surface area contributed by atoms with E-state index in [4.69, 9.17) is 6.92 Å². The van der Waals surface area contributed by atoms with Gasteiger partial charge in [0.05, 0.1) is 0 Å². The molecular formula is C7H12O. The van der Waals surface area contributed by atoms with Crippen LogP contribution in [-0.4, -0.2) is 6.29 Å². The first kappa shape index (κ1) is 7.67. The first-order valence-electron chi connectivity index (χ1n) is 2.87. The number of hydrogen-bond acceptors (Lipinski definition) is 1. The lowest BCUT2D eigenvalue weighted by atomic mass is 9.90. The molecule has 0 N–H and O–H groups in total. The van der Waals surface area contributed by atoms with Crippen LogP contribution >= 0.6 is 0 Å². The normalized spacial score (nSPS) is 11.4. The number of hydrogen-bond donors (Lipinski definition) is 0. The van der Waals surface area contributed by atoms with E-state index in [0.717, 1.165) is 19.1 Å². The summed E-state index contributed by atoms with van der Waals surface area (Å²) in [6.07, 6.45) is 2.54. The fraction of sp³-hybridized carbons (Fsp3) is 0.714. The van der Waals surface area contributed by atoms with Crippen LogP contribution in [0.5, 0.6) is 0 Å². The predicted molar refractivity (Wildman–Crippen MR) is 33.4 cm³/mol. The van der Waals surface area contributed by atoms with Crippen molar-refractivity contribution in [1.82, 2.24) is 0 Å². The van der Waals surface area contributed by atoms with Crippen molar-refractivity contribution < 1.29 is 4.79 Å². The third kappa shape index (κ3) is 2.78. The molecule has 2 radical (unpaired) electrons. The molecule has 8 heavy (non-hydrogen) atoms. The Kier molecular flexibility index (Phi) is 2.74. The molecule has 0 saturated heterocycles. The molecule has 0 heterocycles. The highest BCUT2D eigenvalue weighted by atomic mass is 16.1. The summed E-state index contributed by atoms with van der Waals surface area (Å²) in [4.78, 5) is 10.1. The molecule has 0 fully saturated rings. The molecule has 0 aromatic carbocycles. The minimum atomic E-state index is -0.589. The van der Waals surface area contributed by atoms with Crippen LogP contribution in [0.2, 0.25) is 0 Å². The van der Waals surface area contributed by atoms with E-state index in [1.807, 2.05) is 6.92 Å². The fourth-order valence-electron chi connectivity index (χ4n) is 0.598. The highest BCUT2D eigenvalue weighted by molar-refractivity contribution is 5.59. The Labute approximate surface area is 51.1 Å². The molecule has 0 amide bonds. The highest BCUT2D eigenvalue weighted by Crippen LogP contribution is 2.16. The summed E-state index contributed by atoms with van der Waals surface area (Å²) in [5.41, 5.74) is -0.589. The van der Waals surface area contributed by atoms with Gasteiger partial charge in [0.15, 0.2) is 0 Å². The summed E-state index contributed by atoms with van der Waals surface area (Å²) in [7, 11) is 0. The summed E-state index contributed by atoms with van der Waals surface area (Å²) in [5.74, 6) is 0. The first-order valence-corrected chi connectivity index (χ1v) is 2.87. The van der Waals surface area contributed by atoms with Crippen molar-refractivity contribution in [2.24, 2.45) is 5.41 Å². The Morgan fingerprint density at radius 3 is 2.38 bits per heavy atom. The lowest BCUT2D eigenvalue weighted by Gasteiger charge is -2.12. The zero-order valence-electron chi connectivity index (χ0n) is 5.48. The first-order chi connectivity index (χ1) is 3.62. The van der Waals surface area contributed by atoms with Gasteiger partial charge in [-0.05, 0) is 13.3 Å². The molecule has 0 aromatic rings. The Bertz CT molecular complexity index is 74.5. The molecule has 0 spiro atoms. The molecule has 0 bridgehead atoms. The Hall–Kier alpha value is -0.330. The Morgan fingerprint density at radius 2 is 2.25 bits per heavy atom. The molecule has 1 heteroatoms. The topological polar surface area (TPSA) is 17.1 Å². The van der Waals surface area contributed by atoms with Crippen LogP contribution in [0.3, 0.4) is 0 Å². The summed E-state index contributed by atoms with van der Waals surface area (Å²) in [6, 6.07) is 0. The van der Waals surface area contributed by atoms with E-state index in [1.165, 1.54) is 0 Å². The quantitative estimate of drug-likeness (QED) is 0.508. The third-order valence-corrected chi connectivity index (χ3v) is 1.06. The highest BCUT2D eigenvalue weighted by Gasteiger charge is 2.13. The van der Waals surface area contributed by atoms with Crippen LogP contribution < -0.4 is 0 Å². The standard InChI is InChI=1S/C7H12O/c1-4-5-7(2,3)6-8/h2,6H,4-5H2,1,3H3/t7-/m1/s1. The molecule has 0 rings (SSSR count). The molecule has 1 atom stereocenters. The van der Waals surface area contributed by atoms with Crippen LogP contribution in [-0.2, 0) is 4.79 Å². The monoisotopic (exact) mass is 112 g/mol. The Balaban J connectivity index is 3.53. The molecular weight excluding hydrogens is 100 g/mol. The molecule has 0 aliphatic rings. The maximum Gasteiger partial charge on any atom is 0.126 e. The van der Waals surface area contributed by atoms with Crippen molar-refractivity contribution in [3.05, 3.63) is 6.92 Å². The van der Waals surface area contributed by atoms with Gasteiger partial charge in [-0.15, -0.1) is 0 Å². The molecule has 0 saturated carbocycles. The van der Waals surface area contributed by atoms with Crippen molar-refractivity contribution in [1.29, 1.82) is 0 Å². The Morgan fingerprint density at radius 1 is 1.75 bits per heavy atom. The lowest BCUT2D eigenvalue weighted by molar-refractivity contribution is -0.113. The zero-order chi connectivity index (χ0) is 6.62. The second-order valence-corrected chi connectivity index (χ2v) is 2.37. The van der Waals surface area contributed by atoms with E-state index in [0.29, 0.717) is 0 Å². The predicted octanol–water partition coefficient (Wildman–Crippen LogP) is 1.70. The van der Waals surface area contributed by atoms with Gasteiger partial charge in [0, 0.05) is 5.41 Å². The lowest BCUT2D eigenvalue weighted by Crippen LogP contribution is -2.11. The second kappa shape index (κ2) is 2.85. The van der Waals surface area contributed by atoms with Gasteiger partial charge in [-0.3, -0.25) is 0 Å². The molecule has 1 nitrogen and oxygen atoms in total. The molecule has 46 valence electrons. The summed E-state index contributed by atoms with van der Waals surface area (Å²) >= 11 is 0. The summed E-state index contributed by atoms with van der Waals surface area (Å²) in [6.45, 7) is 9.21. The summed E-state index contributed by atoms with van der Waals surface area (Å²) in [5, 5.41) is 0. The molecule has 0 aliphatic carbocycles. The van der Waals surface area contributed by atoms with Gasteiger partial charge < -0.3 is 4.79 Å². The van der Waals surface area contributed by atoms with Crippen molar-refractivity contribution in [3.63, 3.8) is 0 Å². The van der Waals surface area contributed by atoms with Crippen molar-refractivity contribution in [3.8, 4) is 0 Å². The minimum absolute atomic E-state index is 0.589.